The molecule has 0 aliphatic heterocycles. The van der Waals surface area contributed by atoms with Gasteiger partial charge in [-0.25, -0.2) is 4.79 Å². The van der Waals surface area contributed by atoms with Gasteiger partial charge in [-0.1, -0.05) is 0 Å². The predicted octanol–water partition coefficient (Wildman–Crippen LogP) is 3.36. The van der Waals surface area contributed by atoms with E-state index < -0.39 is 23.3 Å². The highest BCUT2D eigenvalue weighted by molar-refractivity contribution is 7.99. The molecular formula is C14H11F3N2O4S. The molecule has 0 unspecified atom stereocenters. The summed E-state index contributed by atoms with van der Waals surface area (Å²) in [7, 11) is 2.75. The minimum absolute atomic E-state index is 0.0994. The van der Waals surface area contributed by atoms with Crippen molar-refractivity contribution in [1.29, 1.82) is 0 Å². The number of rotatable bonds is 5. The van der Waals surface area contributed by atoms with Crippen molar-refractivity contribution in [3.63, 3.8) is 0 Å². The van der Waals surface area contributed by atoms with Crippen LogP contribution in [0.1, 0.15) is 15.9 Å². The highest BCUT2D eigenvalue weighted by atomic mass is 32.2. The number of methoxy groups -OCH3 is 2. The fraction of sp³-hybridized carbons (Fsp3) is 0.214. The Kier molecular flexibility index (Phi) is 5.17. The van der Waals surface area contributed by atoms with Gasteiger partial charge in [0, 0.05) is 4.90 Å². The zero-order chi connectivity index (χ0) is 17.9. The topological polar surface area (TPSA) is 81.5 Å². The van der Waals surface area contributed by atoms with E-state index in [1.54, 1.807) is 0 Å². The maximum atomic E-state index is 13.0. The lowest BCUT2D eigenvalue weighted by molar-refractivity contribution is -0.138. The van der Waals surface area contributed by atoms with Crippen molar-refractivity contribution in [2.45, 2.75) is 16.2 Å². The Morgan fingerprint density at radius 2 is 1.71 bits per heavy atom. The van der Waals surface area contributed by atoms with Crippen LogP contribution in [-0.2, 0) is 6.18 Å². The molecule has 1 N–H and O–H groups in total. The number of nitrogens with zero attached hydrogens (tertiary/aromatic N) is 2. The molecule has 0 amide bonds. The second-order valence-electron chi connectivity index (χ2n) is 4.35. The Labute approximate surface area is 138 Å². The maximum Gasteiger partial charge on any atom is 0.417 e. The summed E-state index contributed by atoms with van der Waals surface area (Å²) in [5, 5.41) is 8.98. The first-order valence-electron chi connectivity index (χ1n) is 6.34. The number of carbonyl (C=O) groups is 1. The molecular weight excluding hydrogens is 349 g/mol. The minimum atomic E-state index is -4.79. The van der Waals surface area contributed by atoms with E-state index in [0.717, 1.165) is 23.9 Å². The standard InChI is InChI=1S/C14H11F3N2O4S/c1-22-10-6-11(23-2)19-13(18-10)24-7-3-4-8(12(20)21)9(5-7)14(15,16)17/h3-6H,1-2H3,(H,20,21). The molecule has 0 fully saturated rings. The predicted molar refractivity (Wildman–Crippen MR) is 77.7 cm³/mol. The van der Waals surface area contributed by atoms with E-state index >= 15 is 0 Å². The van der Waals surface area contributed by atoms with Gasteiger partial charge < -0.3 is 14.6 Å². The van der Waals surface area contributed by atoms with Gasteiger partial charge in [0.2, 0.25) is 11.8 Å². The molecule has 1 aromatic heterocycles. The van der Waals surface area contributed by atoms with Gasteiger partial charge in [0.15, 0.2) is 5.16 Å². The van der Waals surface area contributed by atoms with Gasteiger partial charge in [-0.2, -0.15) is 23.1 Å². The van der Waals surface area contributed by atoms with Crippen molar-refractivity contribution in [3.8, 4) is 11.8 Å². The Hall–Kier alpha value is -2.49. The summed E-state index contributed by atoms with van der Waals surface area (Å²) in [6.07, 6.45) is -4.79. The van der Waals surface area contributed by atoms with E-state index in [2.05, 4.69) is 9.97 Å². The lowest BCUT2D eigenvalue weighted by atomic mass is 10.1. The summed E-state index contributed by atoms with van der Waals surface area (Å²) in [6.45, 7) is 0. The SMILES string of the molecule is COc1cc(OC)nc(Sc2ccc(C(=O)O)c(C(F)(F)F)c2)n1. The van der Waals surface area contributed by atoms with Crippen molar-refractivity contribution >= 4 is 17.7 Å². The van der Waals surface area contributed by atoms with Gasteiger partial charge >= 0.3 is 12.1 Å². The van der Waals surface area contributed by atoms with Crippen molar-refractivity contribution in [3.05, 3.63) is 35.4 Å². The van der Waals surface area contributed by atoms with Crippen molar-refractivity contribution < 1.29 is 32.5 Å². The summed E-state index contributed by atoms with van der Waals surface area (Å²) in [5.41, 5.74) is -2.06. The third kappa shape index (κ3) is 4.07. The third-order valence-corrected chi connectivity index (χ3v) is 3.67. The van der Waals surface area contributed by atoms with Crippen LogP contribution in [0.4, 0.5) is 13.2 Å². The number of halogens is 3. The summed E-state index contributed by atoms with van der Waals surface area (Å²) in [5.74, 6) is -1.29. The van der Waals surface area contributed by atoms with Crippen LogP contribution in [0.5, 0.6) is 11.8 Å². The molecule has 0 atom stereocenters. The van der Waals surface area contributed by atoms with E-state index in [-0.39, 0.29) is 21.8 Å². The lowest BCUT2D eigenvalue weighted by Gasteiger charge is -2.12. The Bertz CT molecular complexity index is 746. The van der Waals surface area contributed by atoms with Gasteiger partial charge in [0.1, 0.15) is 0 Å². The fourth-order valence-electron chi connectivity index (χ4n) is 1.75. The number of aromatic nitrogens is 2. The molecule has 0 bridgehead atoms. The lowest BCUT2D eigenvalue weighted by Crippen LogP contribution is -2.12. The zero-order valence-electron chi connectivity index (χ0n) is 12.4. The number of hydrogen-bond donors (Lipinski definition) is 1. The first-order valence-corrected chi connectivity index (χ1v) is 7.15. The minimum Gasteiger partial charge on any atom is -0.481 e. The molecule has 2 rings (SSSR count). The van der Waals surface area contributed by atoms with E-state index in [4.69, 9.17) is 14.6 Å². The monoisotopic (exact) mass is 360 g/mol. The molecule has 1 heterocycles. The third-order valence-electron chi connectivity index (χ3n) is 2.81. The smallest absolute Gasteiger partial charge is 0.417 e. The molecule has 6 nitrogen and oxygen atoms in total. The van der Waals surface area contributed by atoms with Crippen LogP contribution in [0.15, 0.2) is 34.3 Å². The van der Waals surface area contributed by atoms with Crippen molar-refractivity contribution in [2.24, 2.45) is 0 Å². The first kappa shape index (κ1) is 17.9. The highest BCUT2D eigenvalue weighted by Gasteiger charge is 2.35. The Morgan fingerprint density at radius 1 is 1.12 bits per heavy atom. The molecule has 0 aliphatic rings. The first-order chi connectivity index (χ1) is 11.2. The van der Waals surface area contributed by atoms with Crippen LogP contribution in [0, 0.1) is 0 Å². The second kappa shape index (κ2) is 6.95. The fourth-order valence-corrected chi connectivity index (χ4v) is 2.55. The number of benzene rings is 1. The van der Waals surface area contributed by atoms with E-state index in [1.165, 1.54) is 26.4 Å². The largest absolute Gasteiger partial charge is 0.481 e. The number of hydrogen-bond acceptors (Lipinski definition) is 6. The molecule has 128 valence electrons. The Morgan fingerprint density at radius 3 is 2.17 bits per heavy atom. The molecule has 0 aliphatic carbocycles. The number of alkyl halides is 3. The molecule has 0 saturated heterocycles. The number of ether oxygens (including phenoxy) is 2. The summed E-state index contributed by atoms with van der Waals surface area (Å²) < 4.78 is 49.0. The molecule has 0 spiro atoms. The summed E-state index contributed by atoms with van der Waals surface area (Å²) >= 11 is 0.822. The van der Waals surface area contributed by atoms with E-state index in [1.807, 2.05) is 0 Å². The molecule has 0 saturated carbocycles. The van der Waals surface area contributed by atoms with Crippen molar-refractivity contribution in [2.75, 3.05) is 14.2 Å². The maximum absolute atomic E-state index is 13.0. The second-order valence-corrected chi connectivity index (χ2v) is 5.39. The highest BCUT2D eigenvalue weighted by Crippen LogP contribution is 2.36. The summed E-state index contributed by atoms with van der Waals surface area (Å²) in [4.78, 5) is 19.1. The van der Waals surface area contributed by atoms with Gasteiger partial charge in [0.25, 0.3) is 0 Å². The quantitative estimate of drug-likeness (QED) is 0.819. The van der Waals surface area contributed by atoms with Crippen LogP contribution in [0.3, 0.4) is 0 Å². The van der Waals surface area contributed by atoms with Crippen LogP contribution in [0.25, 0.3) is 0 Å². The molecule has 10 heteroatoms. The summed E-state index contributed by atoms with van der Waals surface area (Å²) in [6, 6.07) is 4.30. The normalized spacial score (nSPS) is 11.2. The average Bonchev–Trinajstić information content (AvgIpc) is 2.53. The van der Waals surface area contributed by atoms with Gasteiger partial charge in [-0.05, 0) is 30.0 Å². The van der Waals surface area contributed by atoms with Crippen LogP contribution in [0.2, 0.25) is 0 Å². The van der Waals surface area contributed by atoms with Gasteiger partial charge in [0.05, 0.1) is 31.4 Å². The van der Waals surface area contributed by atoms with Crippen molar-refractivity contribution in [1.82, 2.24) is 9.97 Å². The zero-order valence-corrected chi connectivity index (χ0v) is 13.2. The van der Waals surface area contributed by atoms with Crippen LogP contribution < -0.4 is 9.47 Å². The molecule has 24 heavy (non-hydrogen) atoms. The molecule has 2 aromatic rings. The average molecular weight is 360 g/mol. The van der Waals surface area contributed by atoms with E-state index in [0.29, 0.717) is 0 Å². The van der Waals surface area contributed by atoms with Crippen LogP contribution in [-0.4, -0.2) is 35.3 Å². The molecule has 1 aromatic carbocycles. The number of carboxylic acid groups (broad SMARTS) is 1. The van der Waals surface area contributed by atoms with Gasteiger partial charge in [-0.3, -0.25) is 0 Å². The Balaban J connectivity index is 2.42. The number of carboxylic acids is 1. The van der Waals surface area contributed by atoms with Gasteiger partial charge in [-0.15, -0.1) is 0 Å². The van der Waals surface area contributed by atoms with E-state index in [9.17, 15) is 18.0 Å². The molecule has 0 radical (unpaired) electrons. The number of aromatic carboxylic acids is 1. The van der Waals surface area contributed by atoms with Crippen LogP contribution >= 0.6 is 11.8 Å².